The van der Waals surface area contributed by atoms with Gasteiger partial charge in [-0.15, -0.1) is 0 Å². The normalized spacial score (nSPS) is 9.30. The van der Waals surface area contributed by atoms with Gasteiger partial charge in [-0.2, -0.15) is 0 Å². The first-order valence-corrected chi connectivity index (χ1v) is 6.15. The molecule has 0 bridgehead atoms. The molecule has 0 aromatic heterocycles. The number of amides is 3. The zero-order valence-corrected chi connectivity index (χ0v) is 11.3. The maximum Gasteiger partial charge on any atom is 0.312 e. The van der Waals surface area contributed by atoms with Crippen LogP contribution in [0.4, 0.5) is 4.79 Å². The summed E-state index contributed by atoms with van der Waals surface area (Å²) in [6.45, 7) is 2.78. The Hall–Kier alpha value is -2.52. The van der Waals surface area contributed by atoms with Crippen LogP contribution in [0.25, 0.3) is 0 Å². The molecule has 6 heteroatoms. The molecular weight excluding hydrogens is 256 g/mol. The fourth-order valence-corrected chi connectivity index (χ4v) is 1.51. The second-order valence-corrected chi connectivity index (χ2v) is 4.08. The summed E-state index contributed by atoms with van der Waals surface area (Å²) in [7, 11) is 0. The number of nitrogens with one attached hydrogen (secondary N) is 2. The van der Waals surface area contributed by atoms with E-state index in [0.29, 0.717) is 12.1 Å². The molecule has 1 aromatic carbocycles. The summed E-state index contributed by atoms with van der Waals surface area (Å²) < 4.78 is 0. The van der Waals surface area contributed by atoms with Crippen LogP contribution in [0.2, 0.25) is 0 Å². The summed E-state index contributed by atoms with van der Waals surface area (Å²) in [5, 5.41) is 5.06. The van der Waals surface area contributed by atoms with Crippen LogP contribution in [0, 0.1) is 18.8 Å². The molecular formula is C14H18N4O2. The van der Waals surface area contributed by atoms with Crippen LogP contribution in [0.15, 0.2) is 18.2 Å². The van der Waals surface area contributed by atoms with Gasteiger partial charge in [-0.3, -0.25) is 4.79 Å². The van der Waals surface area contributed by atoms with Gasteiger partial charge in [0.1, 0.15) is 0 Å². The third kappa shape index (κ3) is 5.00. The zero-order valence-electron chi connectivity index (χ0n) is 11.3. The van der Waals surface area contributed by atoms with E-state index in [0.717, 1.165) is 11.1 Å². The highest BCUT2D eigenvalue weighted by molar-refractivity contribution is 5.94. The molecule has 0 fully saturated rings. The maximum absolute atomic E-state index is 11.9. The van der Waals surface area contributed by atoms with E-state index >= 15 is 0 Å². The van der Waals surface area contributed by atoms with Crippen molar-refractivity contribution in [1.29, 1.82) is 0 Å². The molecule has 0 aliphatic carbocycles. The predicted molar refractivity (Wildman–Crippen MR) is 77.0 cm³/mol. The second-order valence-electron chi connectivity index (χ2n) is 4.08. The lowest BCUT2D eigenvalue weighted by atomic mass is 10.0. The average Bonchev–Trinajstić information content (AvgIpc) is 2.42. The van der Waals surface area contributed by atoms with Crippen LogP contribution in [0.3, 0.4) is 0 Å². The number of hydrogen-bond donors (Lipinski definition) is 4. The fourth-order valence-electron chi connectivity index (χ4n) is 1.51. The molecule has 0 unspecified atom stereocenters. The van der Waals surface area contributed by atoms with Gasteiger partial charge in [-0.25, -0.2) is 4.79 Å². The van der Waals surface area contributed by atoms with Crippen molar-refractivity contribution in [3.05, 3.63) is 34.9 Å². The predicted octanol–water partition coefficient (Wildman–Crippen LogP) is -0.297. The molecule has 1 rings (SSSR count). The monoisotopic (exact) mass is 274 g/mol. The highest BCUT2D eigenvalue weighted by Crippen LogP contribution is 2.10. The largest absolute Gasteiger partial charge is 0.352 e. The molecule has 0 saturated heterocycles. The van der Waals surface area contributed by atoms with Crippen LogP contribution >= 0.6 is 0 Å². The number of hydrogen-bond acceptors (Lipinski definition) is 3. The Kier molecular flexibility index (Phi) is 6.07. The van der Waals surface area contributed by atoms with Crippen molar-refractivity contribution in [3.63, 3.8) is 0 Å². The molecule has 0 radical (unpaired) electrons. The topological polar surface area (TPSA) is 110 Å². The van der Waals surface area contributed by atoms with E-state index in [1.165, 1.54) is 0 Å². The van der Waals surface area contributed by atoms with E-state index in [2.05, 4.69) is 22.5 Å². The molecule has 0 saturated carbocycles. The molecule has 6 nitrogen and oxygen atoms in total. The number of aryl methyl sites for hydroxylation is 1. The van der Waals surface area contributed by atoms with E-state index in [-0.39, 0.29) is 19.0 Å². The first-order valence-electron chi connectivity index (χ1n) is 6.15. The minimum atomic E-state index is -0.617. The number of nitrogens with two attached hydrogens (primary N) is 2. The van der Waals surface area contributed by atoms with Crippen molar-refractivity contribution in [1.82, 2.24) is 10.6 Å². The first kappa shape index (κ1) is 15.5. The number of benzene rings is 1. The maximum atomic E-state index is 11.9. The Labute approximate surface area is 117 Å². The first-order chi connectivity index (χ1) is 9.54. The van der Waals surface area contributed by atoms with Gasteiger partial charge in [0, 0.05) is 24.2 Å². The number of carbonyl (C=O) groups excluding carboxylic acids is 2. The van der Waals surface area contributed by atoms with Crippen LogP contribution in [-0.2, 0) is 0 Å². The van der Waals surface area contributed by atoms with E-state index in [1.54, 1.807) is 12.1 Å². The molecule has 6 N–H and O–H groups in total. The number of urea groups is 1. The number of rotatable bonds is 4. The molecule has 106 valence electrons. The molecule has 0 spiro atoms. The minimum Gasteiger partial charge on any atom is -0.352 e. The average molecular weight is 274 g/mol. The Morgan fingerprint density at radius 3 is 2.60 bits per heavy atom. The third-order valence-corrected chi connectivity index (χ3v) is 2.53. The van der Waals surface area contributed by atoms with Crippen molar-refractivity contribution in [2.75, 3.05) is 19.6 Å². The summed E-state index contributed by atoms with van der Waals surface area (Å²) in [4.78, 5) is 22.4. The van der Waals surface area contributed by atoms with Crippen molar-refractivity contribution < 1.29 is 9.59 Å². The summed E-state index contributed by atoms with van der Waals surface area (Å²) in [5.74, 6) is 5.45. The summed E-state index contributed by atoms with van der Waals surface area (Å²) >= 11 is 0. The number of carbonyl (C=O) groups is 2. The second kappa shape index (κ2) is 7.81. The van der Waals surface area contributed by atoms with Gasteiger partial charge in [-0.05, 0) is 24.6 Å². The van der Waals surface area contributed by atoms with Crippen LogP contribution in [-0.4, -0.2) is 31.6 Å². The molecule has 20 heavy (non-hydrogen) atoms. The standard InChI is InChI=1S/C14H18N4O2/c1-10-4-5-12(9-11(10)3-2-6-15)13(19)17-7-8-18-14(16)20/h4-5,9H,6-8,15H2,1H3,(H,17,19)(H3,16,18,20). The van der Waals surface area contributed by atoms with Gasteiger partial charge in [0.25, 0.3) is 5.91 Å². The van der Waals surface area contributed by atoms with Crippen molar-refractivity contribution in [2.24, 2.45) is 11.5 Å². The molecule has 3 amide bonds. The van der Waals surface area contributed by atoms with Crippen molar-refractivity contribution in [3.8, 4) is 11.8 Å². The van der Waals surface area contributed by atoms with Crippen LogP contribution in [0.5, 0.6) is 0 Å². The third-order valence-electron chi connectivity index (χ3n) is 2.53. The van der Waals surface area contributed by atoms with Crippen LogP contribution in [0.1, 0.15) is 21.5 Å². The smallest absolute Gasteiger partial charge is 0.312 e. The minimum absolute atomic E-state index is 0.230. The quantitative estimate of drug-likeness (QED) is 0.447. The summed E-state index contributed by atoms with van der Waals surface area (Å²) in [5.41, 5.74) is 12.5. The Morgan fingerprint density at radius 1 is 1.25 bits per heavy atom. The SMILES string of the molecule is Cc1ccc(C(=O)NCCNC(N)=O)cc1C#CCN. The number of primary amides is 1. The lowest BCUT2D eigenvalue weighted by Gasteiger charge is -2.07. The van der Waals surface area contributed by atoms with E-state index < -0.39 is 6.03 Å². The highest BCUT2D eigenvalue weighted by Gasteiger charge is 2.06. The fraction of sp³-hybridized carbons (Fsp3) is 0.286. The van der Waals surface area contributed by atoms with E-state index in [4.69, 9.17) is 11.5 Å². The molecule has 0 aliphatic rings. The van der Waals surface area contributed by atoms with Gasteiger partial charge in [0.05, 0.1) is 6.54 Å². The summed E-state index contributed by atoms with van der Waals surface area (Å²) in [6, 6.07) is 4.65. The van der Waals surface area contributed by atoms with Crippen LogP contribution < -0.4 is 22.1 Å². The van der Waals surface area contributed by atoms with Gasteiger partial charge in [0.15, 0.2) is 0 Å². The Morgan fingerprint density at radius 2 is 1.95 bits per heavy atom. The summed E-state index contributed by atoms with van der Waals surface area (Å²) in [6.07, 6.45) is 0. The molecule has 0 aliphatic heterocycles. The highest BCUT2D eigenvalue weighted by atomic mass is 16.2. The lowest BCUT2D eigenvalue weighted by Crippen LogP contribution is -2.37. The molecule has 0 atom stereocenters. The van der Waals surface area contributed by atoms with Gasteiger partial charge in [0.2, 0.25) is 0 Å². The Bertz CT molecular complexity index is 558. The zero-order chi connectivity index (χ0) is 15.0. The molecule has 0 heterocycles. The van der Waals surface area contributed by atoms with E-state index in [9.17, 15) is 9.59 Å². The van der Waals surface area contributed by atoms with Gasteiger partial charge < -0.3 is 22.1 Å². The van der Waals surface area contributed by atoms with Gasteiger partial charge in [-0.1, -0.05) is 17.9 Å². The Balaban J connectivity index is 2.66. The lowest BCUT2D eigenvalue weighted by molar-refractivity contribution is 0.0954. The van der Waals surface area contributed by atoms with Crippen molar-refractivity contribution in [2.45, 2.75) is 6.92 Å². The van der Waals surface area contributed by atoms with Crippen molar-refractivity contribution >= 4 is 11.9 Å². The molecule has 1 aromatic rings. The van der Waals surface area contributed by atoms with E-state index in [1.807, 2.05) is 13.0 Å². The van der Waals surface area contributed by atoms with Gasteiger partial charge >= 0.3 is 6.03 Å².